The van der Waals surface area contributed by atoms with Crippen LogP contribution in [-0.4, -0.2) is 15.8 Å². The van der Waals surface area contributed by atoms with Gasteiger partial charge in [-0.15, -0.1) is 11.3 Å². The molecule has 1 N–H and O–H groups in total. The molecule has 1 heterocycles. The van der Waals surface area contributed by atoms with Crippen LogP contribution in [0.5, 0.6) is 0 Å². The van der Waals surface area contributed by atoms with E-state index in [4.69, 9.17) is 0 Å². The Morgan fingerprint density at radius 3 is 2.46 bits per heavy atom. The number of amides is 1. The lowest BCUT2D eigenvalue weighted by molar-refractivity contribution is -0.388. The largest absolute Gasteiger partial charge is 0.423 e. The summed E-state index contributed by atoms with van der Waals surface area (Å²) in [5.74, 6) is -0.704. The molecule has 1 amide bonds. The average Bonchev–Trinajstić information content (AvgIpc) is 3.03. The first-order chi connectivity index (χ1) is 13.2. The third-order valence-corrected chi connectivity index (χ3v) is 4.76. The number of nitro benzene ring substituents is 1. The Morgan fingerprint density at radius 1 is 1.18 bits per heavy atom. The zero-order chi connectivity index (χ0) is 20.5. The Morgan fingerprint density at radius 2 is 1.86 bits per heavy atom. The van der Waals surface area contributed by atoms with Crippen LogP contribution in [0.1, 0.15) is 21.1 Å². The third-order valence-electron chi connectivity index (χ3n) is 3.74. The van der Waals surface area contributed by atoms with Crippen molar-refractivity contribution in [1.82, 2.24) is 4.98 Å². The third kappa shape index (κ3) is 4.01. The maximum Gasteiger partial charge on any atom is 0.423 e. The zero-order valence-electron chi connectivity index (χ0n) is 14.3. The number of halogens is 3. The normalized spacial score (nSPS) is 11.3. The van der Waals surface area contributed by atoms with Gasteiger partial charge in [-0.25, -0.2) is 4.98 Å². The van der Waals surface area contributed by atoms with E-state index in [9.17, 15) is 28.1 Å². The van der Waals surface area contributed by atoms with Crippen molar-refractivity contribution in [1.29, 1.82) is 0 Å². The highest BCUT2D eigenvalue weighted by Gasteiger charge is 2.38. The Labute approximate surface area is 160 Å². The van der Waals surface area contributed by atoms with Gasteiger partial charge in [-0.05, 0) is 24.6 Å². The van der Waals surface area contributed by atoms with E-state index in [1.165, 1.54) is 11.3 Å². The fourth-order valence-electron chi connectivity index (χ4n) is 2.56. The van der Waals surface area contributed by atoms with Gasteiger partial charge < -0.3 is 5.32 Å². The van der Waals surface area contributed by atoms with Crippen LogP contribution in [0.15, 0.2) is 48.5 Å². The van der Waals surface area contributed by atoms with E-state index in [2.05, 4.69) is 10.3 Å². The first-order valence-electron chi connectivity index (χ1n) is 7.86. The molecular weight excluding hydrogens is 395 g/mol. The van der Waals surface area contributed by atoms with Crippen LogP contribution in [0.25, 0.3) is 10.4 Å². The average molecular weight is 407 g/mol. The number of carbonyl (C=O) groups excluding carboxylic acids is 1. The lowest BCUT2D eigenvalue weighted by Crippen LogP contribution is -2.15. The van der Waals surface area contributed by atoms with Crippen molar-refractivity contribution in [2.45, 2.75) is 13.1 Å². The molecule has 0 spiro atoms. The van der Waals surface area contributed by atoms with E-state index in [0.717, 1.165) is 11.6 Å². The number of hydrogen-bond donors (Lipinski definition) is 1. The molecule has 28 heavy (non-hydrogen) atoms. The van der Waals surface area contributed by atoms with Gasteiger partial charge in [0.2, 0.25) is 0 Å². The number of carbonyl (C=O) groups is 1. The van der Waals surface area contributed by atoms with E-state index in [1.807, 2.05) is 6.07 Å². The van der Waals surface area contributed by atoms with Crippen molar-refractivity contribution >= 4 is 28.6 Å². The topological polar surface area (TPSA) is 85.1 Å². The van der Waals surface area contributed by atoms with Crippen LogP contribution >= 0.6 is 11.3 Å². The molecule has 0 saturated carbocycles. The van der Waals surface area contributed by atoms with Crippen molar-refractivity contribution in [3.05, 3.63) is 74.9 Å². The summed E-state index contributed by atoms with van der Waals surface area (Å²) in [5, 5.41) is 13.8. The minimum atomic E-state index is -4.93. The van der Waals surface area contributed by atoms with Crippen LogP contribution < -0.4 is 5.32 Å². The fourth-order valence-corrected chi connectivity index (χ4v) is 3.48. The first kappa shape index (κ1) is 19.5. The Bertz CT molecular complexity index is 1050. The van der Waals surface area contributed by atoms with Gasteiger partial charge >= 0.3 is 6.18 Å². The van der Waals surface area contributed by atoms with E-state index in [1.54, 1.807) is 31.2 Å². The molecule has 0 aliphatic heterocycles. The lowest BCUT2D eigenvalue weighted by atomic mass is 10.1. The number of nitrogens with one attached hydrogen (secondary N) is 1. The fraction of sp³-hybridized carbons (Fsp3) is 0.111. The molecule has 3 rings (SSSR count). The number of rotatable bonds is 4. The number of aryl methyl sites for hydroxylation is 1. The molecular formula is C18H12F3N3O3S. The minimum absolute atomic E-state index is 0.0700. The summed E-state index contributed by atoms with van der Waals surface area (Å²) < 4.78 is 39.3. The van der Waals surface area contributed by atoms with Gasteiger partial charge in [0.15, 0.2) is 0 Å². The predicted octanol–water partition coefficient (Wildman–Crippen LogP) is 5.30. The van der Waals surface area contributed by atoms with Gasteiger partial charge in [0.05, 0.1) is 14.8 Å². The molecule has 0 unspecified atom stereocenters. The minimum Gasteiger partial charge on any atom is -0.321 e. The lowest BCUT2D eigenvalue weighted by Gasteiger charge is -2.10. The van der Waals surface area contributed by atoms with E-state index >= 15 is 0 Å². The molecule has 0 aliphatic carbocycles. The molecule has 0 bridgehead atoms. The number of nitrogens with zero attached hydrogens (tertiary/aromatic N) is 2. The summed E-state index contributed by atoms with van der Waals surface area (Å²) in [6.45, 7) is 1.71. The maximum atomic E-state index is 13.1. The van der Waals surface area contributed by atoms with Crippen molar-refractivity contribution < 1.29 is 22.9 Å². The van der Waals surface area contributed by atoms with Crippen LogP contribution in [-0.2, 0) is 6.18 Å². The number of aromatic nitrogens is 1. The monoisotopic (exact) mass is 407 g/mol. The summed E-state index contributed by atoms with van der Waals surface area (Å²) in [6.07, 6.45) is -4.93. The molecule has 10 heteroatoms. The van der Waals surface area contributed by atoms with Gasteiger partial charge in [0.25, 0.3) is 11.6 Å². The Kier molecular flexibility index (Phi) is 5.14. The highest BCUT2D eigenvalue weighted by molar-refractivity contribution is 7.15. The summed E-state index contributed by atoms with van der Waals surface area (Å²) >= 11 is 1.28. The predicted molar refractivity (Wildman–Crippen MR) is 98.3 cm³/mol. The number of thiazole rings is 1. The molecule has 6 nitrogen and oxygen atoms in total. The van der Waals surface area contributed by atoms with Crippen molar-refractivity contribution in [2.24, 2.45) is 0 Å². The van der Waals surface area contributed by atoms with Crippen LogP contribution in [0.2, 0.25) is 0 Å². The van der Waals surface area contributed by atoms with Gasteiger partial charge in [-0.2, -0.15) is 13.2 Å². The second kappa shape index (κ2) is 7.39. The van der Waals surface area contributed by atoms with Crippen LogP contribution in [0.4, 0.5) is 24.5 Å². The van der Waals surface area contributed by atoms with Crippen molar-refractivity contribution in [2.75, 3.05) is 5.32 Å². The summed E-state index contributed by atoms with van der Waals surface area (Å²) in [7, 11) is 0. The summed E-state index contributed by atoms with van der Waals surface area (Å²) in [5.41, 5.74) is -1.92. The van der Waals surface area contributed by atoms with E-state index < -0.39 is 28.3 Å². The van der Waals surface area contributed by atoms with Gasteiger partial charge in [0, 0.05) is 11.8 Å². The Hall–Kier alpha value is -3.27. The standard InChI is InChI=1S/C18H12F3N3O3S/c1-10-22-15(16(28-10)11-5-3-2-4-6-11)17(25)23-12-7-8-14(24(26)27)13(9-12)18(19,20)21/h2-9H,1H3,(H,23,25). The molecule has 0 fully saturated rings. The van der Waals surface area contributed by atoms with Crippen LogP contribution in [0, 0.1) is 17.0 Å². The molecule has 3 aromatic rings. The SMILES string of the molecule is Cc1nc(C(=O)Nc2ccc([N+](=O)[O-])c(C(F)(F)F)c2)c(-c2ccccc2)s1. The second-order valence-electron chi connectivity index (χ2n) is 5.72. The van der Waals surface area contributed by atoms with Gasteiger partial charge in [0.1, 0.15) is 11.3 Å². The highest BCUT2D eigenvalue weighted by atomic mass is 32.1. The number of alkyl halides is 3. The number of hydrogen-bond acceptors (Lipinski definition) is 5. The van der Waals surface area contributed by atoms with Gasteiger partial charge in [-0.3, -0.25) is 14.9 Å². The molecule has 0 saturated heterocycles. The molecule has 0 aliphatic rings. The first-order valence-corrected chi connectivity index (χ1v) is 8.68. The molecule has 0 atom stereocenters. The number of nitro groups is 1. The molecule has 1 aromatic heterocycles. The summed E-state index contributed by atoms with van der Waals surface area (Å²) in [4.78, 5) is 27.1. The Balaban J connectivity index is 1.96. The quantitative estimate of drug-likeness (QED) is 0.470. The van der Waals surface area contributed by atoms with Crippen molar-refractivity contribution in [3.8, 4) is 10.4 Å². The van der Waals surface area contributed by atoms with Crippen LogP contribution in [0.3, 0.4) is 0 Å². The molecule has 2 aromatic carbocycles. The van der Waals surface area contributed by atoms with Crippen molar-refractivity contribution in [3.63, 3.8) is 0 Å². The van der Waals surface area contributed by atoms with Gasteiger partial charge in [-0.1, -0.05) is 30.3 Å². The maximum absolute atomic E-state index is 13.1. The smallest absolute Gasteiger partial charge is 0.321 e. The number of anilines is 1. The zero-order valence-corrected chi connectivity index (χ0v) is 15.1. The second-order valence-corrected chi connectivity index (χ2v) is 6.92. The highest BCUT2D eigenvalue weighted by Crippen LogP contribution is 2.38. The number of benzene rings is 2. The summed E-state index contributed by atoms with van der Waals surface area (Å²) in [6, 6.07) is 11.3. The molecule has 144 valence electrons. The van der Waals surface area contributed by atoms with E-state index in [-0.39, 0.29) is 11.4 Å². The van der Waals surface area contributed by atoms with E-state index in [0.29, 0.717) is 22.0 Å². The molecule has 0 radical (unpaired) electrons.